The molecule has 1 fully saturated rings. The van der Waals surface area contributed by atoms with Crippen molar-refractivity contribution in [3.8, 4) is 17.1 Å². The zero-order chi connectivity index (χ0) is 24.2. The Hall–Kier alpha value is -3.58. The number of benzene rings is 3. The van der Waals surface area contributed by atoms with Gasteiger partial charge in [0.15, 0.2) is 11.0 Å². The van der Waals surface area contributed by atoms with Crippen LogP contribution in [0, 0.1) is 13.8 Å². The van der Waals surface area contributed by atoms with Crippen molar-refractivity contribution >= 4 is 23.4 Å². The lowest BCUT2D eigenvalue weighted by Crippen LogP contribution is -2.49. The Morgan fingerprint density at radius 3 is 2.23 bits per heavy atom. The number of rotatable bonds is 6. The van der Waals surface area contributed by atoms with Gasteiger partial charge in [-0.3, -0.25) is 9.36 Å². The Labute approximate surface area is 210 Å². The van der Waals surface area contributed by atoms with Gasteiger partial charge in [0.05, 0.1) is 5.75 Å². The highest BCUT2D eigenvalue weighted by molar-refractivity contribution is 7.99. The van der Waals surface area contributed by atoms with Gasteiger partial charge in [0, 0.05) is 43.1 Å². The molecule has 1 aliphatic heterocycles. The molecule has 0 saturated carbocycles. The minimum atomic E-state index is 0.137. The maximum atomic E-state index is 13.1. The van der Waals surface area contributed by atoms with Crippen LogP contribution in [0.2, 0.25) is 0 Å². The number of carbonyl (C=O) groups excluding carboxylic acids is 1. The summed E-state index contributed by atoms with van der Waals surface area (Å²) in [6, 6.07) is 26.9. The number of para-hydroxylation sites is 1. The van der Waals surface area contributed by atoms with Gasteiger partial charge in [-0.25, -0.2) is 0 Å². The number of carbonyl (C=O) groups is 1. The van der Waals surface area contributed by atoms with Gasteiger partial charge >= 0.3 is 0 Å². The summed E-state index contributed by atoms with van der Waals surface area (Å²) in [4.78, 5) is 17.4. The third-order valence-corrected chi connectivity index (χ3v) is 7.20. The van der Waals surface area contributed by atoms with E-state index in [1.165, 1.54) is 28.6 Å². The summed E-state index contributed by atoms with van der Waals surface area (Å²) in [5.41, 5.74) is 5.66. The smallest absolute Gasteiger partial charge is 0.233 e. The first-order valence-corrected chi connectivity index (χ1v) is 12.9. The molecular formula is C28H29N5OS. The fourth-order valence-electron chi connectivity index (χ4n) is 4.32. The third kappa shape index (κ3) is 5.25. The molecule has 0 radical (unpaired) electrons. The van der Waals surface area contributed by atoms with Crippen LogP contribution < -0.4 is 4.90 Å². The van der Waals surface area contributed by atoms with Crippen molar-refractivity contribution in [3.05, 3.63) is 90.0 Å². The van der Waals surface area contributed by atoms with Crippen LogP contribution in [0.25, 0.3) is 17.1 Å². The first-order valence-electron chi connectivity index (χ1n) is 11.9. The van der Waals surface area contributed by atoms with E-state index in [9.17, 15) is 4.79 Å². The molecule has 178 valence electrons. The molecule has 7 heteroatoms. The maximum Gasteiger partial charge on any atom is 0.233 e. The lowest BCUT2D eigenvalue weighted by molar-refractivity contribution is -0.128. The summed E-state index contributed by atoms with van der Waals surface area (Å²) in [5, 5.41) is 9.68. The van der Waals surface area contributed by atoms with Gasteiger partial charge in [-0.1, -0.05) is 71.9 Å². The molecule has 0 N–H and O–H groups in total. The number of hydrogen-bond acceptors (Lipinski definition) is 5. The molecule has 0 atom stereocenters. The van der Waals surface area contributed by atoms with Crippen LogP contribution in [-0.2, 0) is 4.79 Å². The highest BCUT2D eigenvalue weighted by atomic mass is 32.2. The van der Waals surface area contributed by atoms with Crippen molar-refractivity contribution in [3.63, 3.8) is 0 Å². The predicted molar refractivity (Wildman–Crippen MR) is 142 cm³/mol. The summed E-state index contributed by atoms with van der Waals surface area (Å²) in [6.45, 7) is 7.33. The van der Waals surface area contributed by atoms with Gasteiger partial charge in [-0.05, 0) is 43.7 Å². The van der Waals surface area contributed by atoms with Gasteiger partial charge < -0.3 is 9.80 Å². The Bertz CT molecular complexity index is 1290. The van der Waals surface area contributed by atoms with Crippen LogP contribution in [0.1, 0.15) is 11.1 Å². The van der Waals surface area contributed by atoms with Crippen LogP contribution in [-0.4, -0.2) is 57.5 Å². The number of anilines is 1. The molecule has 1 aromatic heterocycles. The number of thioether (sulfide) groups is 1. The molecule has 35 heavy (non-hydrogen) atoms. The molecule has 6 nitrogen and oxygen atoms in total. The fraction of sp³-hybridized carbons (Fsp3) is 0.250. The topological polar surface area (TPSA) is 54.3 Å². The largest absolute Gasteiger partial charge is 0.368 e. The van der Waals surface area contributed by atoms with E-state index in [1.54, 1.807) is 0 Å². The zero-order valence-electron chi connectivity index (χ0n) is 20.1. The molecule has 0 bridgehead atoms. The molecular weight excluding hydrogens is 454 g/mol. The lowest BCUT2D eigenvalue weighted by Gasteiger charge is -2.36. The monoisotopic (exact) mass is 483 g/mol. The van der Waals surface area contributed by atoms with E-state index < -0.39 is 0 Å². The van der Waals surface area contributed by atoms with E-state index in [0.29, 0.717) is 5.75 Å². The highest BCUT2D eigenvalue weighted by Gasteiger charge is 2.23. The molecule has 2 heterocycles. The average Bonchev–Trinajstić information content (AvgIpc) is 3.32. The normalized spacial score (nSPS) is 13.8. The molecule has 1 aliphatic rings. The number of hydrogen-bond donors (Lipinski definition) is 0. The lowest BCUT2D eigenvalue weighted by atomic mass is 10.1. The first kappa shape index (κ1) is 23.2. The minimum absolute atomic E-state index is 0.137. The number of aryl methyl sites for hydroxylation is 2. The number of amides is 1. The molecule has 4 aromatic rings. The maximum absolute atomic E-state index is 13.1. The van der Waals surface area contributed by atoms with Gasteiger partial charge in [0.1, 0.15) is 0 Å². The summed E-state index contributed by atoms with van der Waals surface area (Å²) >= 11 is 1.45. The summed E-state index contributed by atoms with van der Waals surface area (Å²) in [6.07, 6.45) is 0. The predicted octanol–water partition coefficient (Wildman–Crippen LogP) is 4.99. The second-order valence-electron chi connectivity index (χ2n) is 8.84. The minimum Gasteiger partial charge on any atom is -0.368 e. The second-order valence-corrected chi connectivity index (χ2v) is 9.78. The molecule has 0 aliphatic carbocycles. The molecule has 1 amide bonds. The van der Waals surface area contributed by atoms with Crippen LogP contribution in [0.3, 0.4) is 0 Å². The third-order valence-electron chi connectivity index (χ3n) is 6.28. The van der Waals surface area contributed by atoms with E-state index in [0.717, 1.165) is 48.4 Å². The average molecular weight is 484 g/mol. The number of aromatic nitrogens is 3. The summed E-state index contributed by atoms with van der Waals surface area (Å²) < 4.78 is 2.04. The Kier molecular flexibility index (Phi) is 6.86. The molecule has 1 saturated heterocycles. The summed E-state index contributed by atoms with van der Waals surface area (Å²) in [5.74, 6) is 1.25. The van der Waals surface area contributed by atoms with Crippen molar-refractivity contribution in [1.82, 2.24) is 19.7 Å². The van der Waals surface area contributed by atoms with E-state index in [-0.39, 0.29) is 5.91 Å². The number of piperazine rings is 1. The van der Waals surface area contributed by atoms with Gasteiger partial charge in [-0.15, -0.1) is 10.2 Å². The molecule has 0 unspecified atom stereocenters. The Morgan fingerprint density at radius 2 is 1.51 bits per heavy atom. The fourth-order valence-corrected chi connectivity index (χ4v) is 5.17. The zero-order valence-corrected chi connectivity index (χ0v) is 20.9. The molecule has 5 rings (SSSR count). The van der Waals surface area contributed by atoms with Crippen molar-refractivity contribution < 1.29 is 4.79 Å². The molecule has 0 spiro atoms. The Balaban J connectivity index is 1.28. The quantitative estimate of drug-likeness (QED) is 0.362. The van der Waals surface area contributed by atoms with Gasteiger partial charge in [-0.2, -0.15) is 0 Å². The van der Waals surface area contributed by atoms with Crippen LogP contribution >= 0.6 is 11.8 Å². The van der Waals surface area contributed by atoms with E-state index >= 15 is 0 Å². The van der Waals surface area contributed by atoms with Crippen molar-refractivity contribution in [2.75, 3.05) is 36.8 Å². The van der Waals surface area contributed by atoms with Crippen LogP contribution in [0.15, 0.2) is 84.0 Å². The van der Waals surface area contributed by atoms with Crippen molar-refractivity contribution in [2.24, 2.45) is 0 Å². The SMILES string of the molecule is Cc1ccc(-c2nnc(SCC(=O)N3CCN(c4cccc(C)c4)CC3)n2-c2ccccc2)cc1. The second kappa shape index (κ2) is 10.4. The van der Waals surface area contributed by atoms with Crippen LogP contribution in [0.4, 0.5) is 5.69 Å². The van der Waals surface area contributed by atoms with E-state index in [2.05, 4.69) is 77.5 Å². The van der Waals surface area contributed by atoms with Crippen molar-refractivity contribution in [2.45, 2.75) is 19.0 Å². The number of nitrogens with zero attached hydrogens (tertiary/aromatic N) is 5. The molecule has 3 aromatic carbocycles. The Morgan fingerprint density at radius 1 is 0.800 bits per heavy atom. The summed E-state index contributed by atoms with van der Waals surface area (Å²) in [7, 11) is 0. The van der Waals surface area contributed by atoms with Gasteiger partial charge in [0.25, 0.3) is 0 Å². The standard InChI is InChI=1S/C28H29N5OS/c1-21-11-13-23(14-12-21)27-29-30-28(33(27)24-8-4-3-5-9-24)35-20-26(34)32-17-15-31(16-18-32)25-10-6-7-22(2)19-25/h3-14,19H,15-18,20H2,1-2H3. The van der Waals surface area contributed by atoms with E-state index in [4.69, 9.17) is 0 Å². The van der Waals surface area contributed by atoms with Crippen LogP contribution in [0.5, 0.6) is 0 Å². The van der Waals surface area contributed by atoms with Gasteiger partial charge in [0.2, 0.25) is 5.91 Å². The highest BCUT2D eigenvalue weighted by Crippen LogP contribution is 2.28. The van der Waals surface area contributed by atoms with E-state index in [1.807, 2.05) is 39.8 Å². The van der Waals surface area contributed by atoms with Crippen molar-refractivity contribution in [1.29, 1.82) is 0 Å². The first-order chi connectivity index (χ1) is 17.1.